The Hall–Kier alpha value is -0.890. The molecule has 1 aromatic carbocycles. The molecule has 1 fully saturated rings. The van der Waals surface area contributed by atoms with Gasteiger partial charge in [0.2, 0.25) is 0 Å². The molecule has 2 heteroatoms. The molecule has 1 aromatic rings. The third kappa shape index (κ3) is 2.52. The number of rotatable bonds is 2. The van der Waals surface area contributed by atoms with Gasteiger partial charge in [0, 0.05) is 0 Å². The van der Waals surface area contributed by atoms with Crippen LogP contribution in [0.3, 0.4) is 0 Å². The molecule has 0 aliphatic heterocycles. The van der Waals surface area contributed by atoms with Crippen LogP contribution in [0, 0.1) is 18.7 Å². The number of hydrogen-bond donors (Lipinski definition) is 1. The van der Waals surface area contributed by atoms with Gasteiger partial charge in [0.05, 0.1) is 5.60 Å². The maximum atomic E-state index is 13.6. The summed E-state index contributed by atoms with van der Waals surface area (Å²) in [6, 6.07) is 5.10. The van der Waals surface area contributed by atoms with E-state index >= 15 is 0 Å². The van der Waals surface area contributed by atoms with E-state index in [1.54, 1.807) is 13.0 Å². The molecule has 1 aliphatic carbocycles. The molecule has 0 saturated heterocycles. The van der Waals surface area contributed by atoms with E-state index in [0.717, 1.165) is 12.8 Å². The van der Waals surface area contributed by atoms with Crippen molar-refractivity contribution in [2.24, 2.45) is 5.92 Å². The van der Waals surface area contributed by atoms with E-state index in [2.05, 4.69) is 0 Å². The first-order chi connectivity index (χ1) is 8.01. The Balaban J connectivity index is 2.26. The van der Waals surface area contributed by atoms with Crippen LogP contribution < -0.4 is 0 Å². The van der Waals surface area contributed by atoms with Crippen molar-refractivity contribution in [2.75, 3.05) is 0 Å². The van der Waals surface area contributed by atoms with E-state index in [-0.39, 0.29) is 11.7 Å². The molecule has 0 spiro atoms. The zero-order valence-electron chi connectivity index (χ0n) is 10.7. The minimum absolute atomic E-state index is 0.224. The first kappa shape index (κ1) is 12.6. The molecule has 17 heavy (non-hydrogen) atoms. The number of halogens is 1. The van der Waals surface area contributed by atoms with Crippen molar-refractivity contribution in [3.05, 3.63) is 35.1 Å². The molecule has 1 saturated carbocycles. The second-order valence-corrected chi connectivity index (χ2v) is 5.45. The molecule has 0 radical (unpaired) electrons. The molecule has 1 aliphatic rings. The summed E-state index contributed by atoms with van der Waals surface area (Å²) in [5.74, 6) is 0.0388. The second-order valence-electron chi connectivity index (χ2n) is 5.45. The molecule has 0 bridgehead atoms. The fourth-order valence-corrected chi connectivity index (χ4v) is 2.81. The van der Waals surface area contributed by atoms with Gasteiger partial charge in [-0.1, -0.05) is 31.4 Å². The quantitative estimate of drug-likeness (QED) is 0.825. The highest BCUT2D eigenvalue weighted by Crippen LogP contribution is 2.39. The lowest BCUT2D eigenvalue weighted by Gasteiger charge is -2.36. The highest BCUT2D eigenvalue weighted by atomic mass is 19.1. The summed E-state index contributed by atoms with van der Waals surface area (Å²) in [5.41, 5.74) is 0.454. The van der Waals surface area contributed by atoms with Gasteiger partial charge in [-0.3, -0.25) is 0 Å². The van der Waals surface area contributed by atoms with E-state index in [1.165, 1.54) is 25.3 Å². The third-order valence-electron chi connectivity index (χ3n) is 4.16. The van der Waals surface area contributed by atoms with Gasteiger partial charge in [-0.2, -0.15) is 0 Å². The summed E-state index contributed by atoms with van der Waals surface area (Å²) >= 11 is 0. The largest absolute Gasteiger partial charge is 0.385 e. The fraction of sp³-hybridized carbons (Fsp3) is 0.600. The number of benzene rings is 1. The molecule has 1 nitrogen and oxygen atoms in total. The first-order valence-corrected chi connectivity index (χ1v) is 6.51. The Morgan fingerprint density at radius 1 is 1.24 bits per heavy atom. The van der Waals surface area contributed by atoms with Crippen LogP contribution >= 0.6 is 0 Å². The number of aliphatic hydroxyl groups is 1. The van der Waals surface area contributed by atoms with Crippen LogP contribution in [0.5, 0.6) is 0 Å². The van der Waals surface area contributed by atoms with Gasteiger partial charge in [-0.05, 0) is 49.8 Å². The monoisotopic (exact) mass is 236 g/mol. The number of hydrogen-bond acceptors (Lipinski definition) is 1. The number of aryl methyl sites for hydroxylation is 1. The van der Waals surface area contributed by atoms with Gasteiger partial charge in [-0.25, -0.2) is 4.39 Å². The van der Waals surface area contributed by atoms with Crippen molar-refractivity contribution >= 4 is 0 Å². The molecule has 0 amide bonds. The lowest BCUT2D eigenvalue weighted by Crippen LogP contribution is -2.33. The summed E-state index contributed by atoms with van der Waals surface area (Å²) in [6.45, 7) is 3.57. The lowest BCUT2D eigenvalue weighted by atomic mass is 9.74. The SMILES string of the molecule is Cc1ccc(C(C)(O)C2CCCCC2)cc1F. The molecule has 1 atom stereocenters. The Morgan fingerprint density at radius 2 is 1.88 bits per heavy atom. The predicted octanol–water partition coefficient (Wildman–Crippen LogP) is 3.92. The van der Waals surface area contributed by atoms with Crippen LogP contribution in [0.4, 0.5) is 4.39 Å². The third-order valence-corrected chi connectivity index (χ3v) is 4.16. The van der Waals surface area contributed by atoms with E-state index in [9.17, 15) is 9.50 Å². The van der Waals surface area contributed by atoms with Crippen molar-refractivity contribution in [3.63, 3.8) is 0 Å². The molecule has 1 N–H and O–H groups in total. The average Bonchev–Trinajstić information content (AvgIpc) is 2.33. The zero-order chi connectivity index (χ0) is 12.5. The molecule has 0 heterocycles. The Bertz CT molecular complexity index is 392. The van der Waals surface area contributed by atoms with E-state index in [1.807, 2.05) is 13.0 Å². The topological polar surface area (TPSA) is 20.2 Å². The van der Waals surface area contributed by atoms with Crippen molar-refractivity contribution < 1.29 is 9.50 Å². The summed E-state index contributed by atoms with van der Waals surface area (Å²) in [7, 11) is 0. The van der Waals surface area contributed by atoms with Gasteiger partial charge >= 0.3 is 0 Å². The molecular formula is C15H21FO. The average molecular weight is 236 g/mol. The summed E-state index contributed by atoms with van der Waals surface area (Å²) in [6.07, 6.45) is 5.70. The standard InChI is InChI=1S/C15H21FO/c1-11-8-9-13(10-14(11)16)15(2,17)12-6-4-3-5-7-12/h8-10,12,17H,3-7H2,1-2H3. The maximum Gasteiger partial charge on any atom is 0.126 e. The summed E-state index contributed by atoms with van der Waals surface area (Å²) in [5, 5.41) is 10.7. The van der Waals surface area contributed by atoms with Gasteiger partial charge in [-0.15, -0.1) is 0 Å². The van der Waals surface area contributed by atoms with Gasteiger partial charge in [0.1, 0.15) is 5.82 Å². The van der Waals surface area contributed by atoms with Crippen molar-refractivity contribution in [2.45, 2.75) is 51.6 Å². The van der Waals surface area contributed by atoms with Gasteiger partial charge in [0.15, 0.2) is 0 Å². The van der Waals surface area contributed by atoms with Crippen LogP contribution in [-0.2, 0) is 5.60 Å². The summed E-state index contributed by atoms with van der Waals surface area (Å²) < 4.78 is 13.6. The van der Waals surface area contributed by atoms with Crippen molar-refractivity contribution in [1.29, 1.82) is 0 Å². The fourth-order valence-electron chi connectivity index (χ4n) is 2.81. The molecule has 0 aromatic heterocycles. The first-order valence-electron chi connectivity index (χ1n) is 6.51. The van der Waals surface area contributed by atoms with E-state index in [4.69, 9.17) is 0 Å². The predicted molar refractivity (Wildman–Crippen MR) is 67.3 cm³/mol. The van der Waals surface area contributed by atoms with E-state index < -0.39 is 5.60 Å². The minimum Gasteiger partial charge on any atom is -0.385 e. The van der Waals surface area contributed by atoms with E-state index in [0.29, 0.717) is 11.1 Å². The summed E-state index contributed by atoms with van der Waals surface area (Å²) in [4.78, 5) is 0. The van der Waals surface area contributed by atoms with Crippen LogP contribution in [-0.4, -0.2) is 5.11 Å². The smallest absolute Gasteiger partial charge is 0.126 e. The van der Waals surface area contributed by atoms with Crippen molar-refractivity contribution in [1.82, 2.24) is 0 Å². The van der Waals surface area contributed by atoms with Crippen molar-refractivity contribution in [3.8, 4) is 0 Å². The molecule has 2 rings (SSSR count). The van der Waals surface area contributed by atoms with Crippen LogP contribution in [0.25, 0.3) is 0 Å². The minimum atomic E-state index is -0.894. The Labute approximate surface area is 103 Å². The molecule has 94 valence electrons. The normalized spacial score (nSPS) is 21.2. The Kier molecular flexibility index (Phi) is 3.53. The van der Waals surface area contributed by atoms with Crippen LogP contribution in [0.15, 0.2) is 18.2 Å². The maximum absolute atomic E-state index is 13.6. The van der Waals surface area contributed by atoms with Gasteiger partial charge in [0.25, 0.3) is 0 Å². The van der Waals surface area contributed by atoms with Crippen LogP contribution in [0.2, 0.25) is 0 Å². The highest BCUT2D eigenvalue weighted by molar-refractivity contribution is 5.28. The highest BCUT2D eigenvalue weighted by Gasteiger charge is 2.34. The zero-order valence-corrected chi connectivity index (χ0v) is 10.7. The second kappa shape index (κ2) is 4.77. The molecular weight excluding hydrogens is 215 g/mol. The lowest BCUT2D eigenvalue weighted by molar-refractivity contribution is -0.0217. The molecule has 1 unspecified atom stereocenters. The van der Waals surface area contributed by atoms with Gasteiger partial charge < -0.3 is 5.11 Å². The van der Waals surface area contributed by atoms with Crippen LogP contribution in [0.1, 0.15) is 50.2 Å². The Morgan fingerprint density at radius 3 is 2.47 bits per heavy atom.